The zero-order chi connectivity index (χ0) is 23.3. The quantitative estimate of drug-likeness (QED) is 0.189. The summed E-state index contributed by atoms with van der Waals surface area (Å²) in [7, 11) is 0. The lowest BCUT2D eigenvalue weighted by molar-refractivity contribution is -0.110. The van der Waals surface area contributed by atoms with Crippen molar-refractivity contribution in [3.63, 3.8) is 0 Å². The number of hydrogen-bond acceptors (Lipinski definition) is 5. The van der Waals surface area contributed by atoms with Crippen molar-refractivity contribution in [2.45, 2.75) is 12.8 Å². The van der Waals surface area contributed by atoms with E-state index in [2.05, 4.69) is 67.6 Å². The fraction of sp³-hybridized carbons (Fsp3) is 0.115. The van der Waals surface area contributed by atoms with Crippen LogP contribution in [-0.2, 0) is 11.2 Å². The molecule has 0 spiro atoms. The minimum Gasteiger partial charge on any atom is -0.361 e. The fourth-order valence-electron chi connectivity index (χ4n) is 3.89. The first-order chi connectivity index (χ1) is 16.7. The molecule has 2 aromatic carbocycles. The van der Waals surface area contributed by atoms with E-state index >= 15 is 0 Å². The van der Waals surface area contributed by atoms with Gasteiger partial charge in [0.2, 0.25) is 0 Å². The van der Waals surface area contributed by atoms with E-state index < -0.39 is 0 Å². The summed E-state index contributed by atoms with van der Waals surface area (Å²) in [5, 5.41) is 8.46. The van der Waals surface area contributed by atoms with Gasteiger partial charge in [-0.3, -0.25) is 4.79 Å². The van der Waals surface area contributed by atoms with Crippen LogP contribution in [0.25, 0.3) is 26.9 Å². The predicted octanol–water partition coefficient (Wildman–Crippen LogP) is 5.71. The summed E-state index contributed by atoms with van der Waals surface area (Å²) in [5.74, 6) is -0.126. The summed E-state index contributed by atoms with van der Waals surface area (Å²) in [5.41, 5.74) is 5.79. The number of benzene rings is 2. The number of hydrogen-bond donors (Lipinski definition) is 4. The van der Waals surface area contributed by atoms with Gasteiger partial charge in [0.1, 0.15) is 0 Å². The average molecular weight is 469 g/mol. The molecule has 1 amide bonds. The highest BCUT2D eigenvalue weighted by atomic mass is 32.1. The summed E-state index contributed by atoms with van der Waals surface area (Å²) >= 11 is 1.62. The first-order valence-corrected chi connectivity index (χ1v) is 11.8. The van der Waals surface area contributed by atoms with Crippen molar-refractivity contribution < 1.29 is 4.79 Å². The van der Waals surface area contributed by atoms with Gasteiger partial charge in [-0.1, -0.05) is 42.2 Å². The van der Waals surface area contributed by atoms with Crippen LogP contribution < -0.4 is 10.6 Å². The Kier molecular flexibility index (Phi) is 6.22. The molecule has 34 heavy (non-hydrogen) atoms. The van der Waals surface area contributed by atoms with Crippen LogP contribution >= 0.6 is 11.3 Å². The Morgan fingerprint density at radius 3 is 2.88 bits per heavy atom. The third-order valence-corrected chi connectivity index (χ3v) is 6.64. The van der Waals surface area contributed by atoms with Gasteiger partial charge in [0, 0.05) is 59.1 Å². The first kappa shape index (κ1) is 21.7. The molecule has 3 aromatic heterocycles. The molecule has 7 nitrogen and oxygen atoms in total. The van der Waals surface area contributed by atoms with Crippen molar-refractivity contribution in [3.8, 4) is 10.4 Å². The number of carbonyl (C=O) groups is 1. The van der Waals surface area contributed by atoms with Crippen LogP contribution in [0.15, 0.2) is 80.2 Å². The third-order valence-electron chi connectivity index (χ3n) is 5.64. The Labute approximate surface area is 201 Å². The van der Waals surface area contributed by atoms with Crippen LogP contribution in [0.5, 0.6) is 0 Å². The van der Waals surface area contributed by atoms with Gasteiger partial charge in [0.25, 0.3) is 5.91 Å². The Morgan fingerprint density at radius 1 is 1.15 bits per heavy atom. The third kappa shape index (κ3) is 4.62. The Balaban J connectivity index is 0.000000429. The van der Waals surface area contributed by atoms with Crippen LogP contribution in [0.4, 0.5) is 10.8 Å². The molecule has 170 valence electrons. The maximum Gasteiger partial charge on any atom is 0.255 e. The van der Waals surface area contributed by atoms with Gasteiger partial charge in [-0.05, 0) is 42.2 Å². The van der Waals surface area contributed by atoms with Crippen LogP contribution in [-0.4, -0.2) is 32.4 Å². The van der Waals surface area contributed by atoms with E-state index in [0.29, 0.717) is 5.57 Å². The average Bonchev–Trinajstić information content (AvgIpc) is 3.67. The highest BCUT2D eigenvalue weighted by Gasteiger charge is 2.22. The lowest BCUT2D eigenvalue weighted by atomic mass is 10.0. The van der Waals surface area contributed by atoms with Crippen LogP contribution in [0, 0.1) is 0 Å². The van der Waals surface area contributed by atoms with Crippen LogP contribution in [0.1, 0.15) is 17.5 Å². The summed E-state index contributed by atoms with van der Waals surface area (Å²) in [4.78, 5) is 27.1. The monoisotopic (exact) mass is 468 g/mol. The number of para-hydroxylation sites is 1. The zero-order valence-electron chi connectivity index (χ0n) is 18.5. The molecule has 0 saturated heterocycles. The second kappa shape index (κ2) is 9.76. The van der Waals surface area contributed by atoms with E-state index in [9.17, 15) is 4.79 Å². The van der Waals surface area contributed by atoms with Crippen molar-refractivity contribution in [2.75, 3.05) is 17.2 Å². The number of imidazole rings is 1. The maximum absolute atomic E-state index is 11.8. The molecule has 0 radical (unpaired) electrons. The number of aromatic nitrogens is 4. The van der Waals surface area contributed by atoms with Gasteiger partial charge in [0.15, 0.2) is 5.13 Å². The molecule has 4 N–H and O–H groups in total. The molecule has 0 atom stereocenters. The number of anilines is 2. The molecule has 0 fully saturated rings. The molecule has 0 bridgehead atoms. The first-order valence-electron chi connectivity index (χ1n) is 11.0. The number of amides is 1. The van der Waals surface area contributed by atoms with Crippen molar-refractivity contribution >= 4 is 44.5 Å². The minimum atomic E-state index is -0.126. The van der Waals surface area contributed by atoms with Crippen LogP contribution in [0.3, 0.4) is 0 Å². The van der Waals surface area contributed by atoms with Gasteiger partial charge >= 0.3 is 0 Å². The van der Waals surface area contributed by atoms with E-state index in [1.54, 1.807) is 30.1 Å². The Morgan fingerprint density at radius 2 is 2.06 bits per heavy atom. The molecule has 1 aliphatic rings. The molecular formula is C26H24N6OS. The molecule has 0 saturated carbocycles. The van der Waals surface area contributed by atoms with E-state index in [4.69, 9.17) is 0 Å². The molecule has 0 aliphatic carbocycles. The van der Waals surface area contributed by atoms with Gasteiger partial charge in [-0.2, -0.15) is 0 Å². The standard InChI is InChI=1S/C23H20N4OS.C3H4N2/c1-14-18-11-15(8-9-20(18)27-22(14)28)21-13-26-23(29-21)24-10-4-5-16-12-25-19-7-3-2-6-17(16)19;1-2-5-3-4-1/h2-3,6-9,11-13,25H,1,4-5,10H2,(H,24,26)(H,27,28);1-3H,(H,4,5). The molecule has 0 unspecified atom stereocenters. The highest BCUT2D eigenvalue weighted by molar-refractivity contribution is 7.18. The number of aromatic amines is 2. The number of nitrogens with one attached hydrogen (secondary N) is 4. The lowest BCUT2D eigenvalue weighted by Gasteiger charge is -2.03. The van der Waals surface area contributed by atoms with Crippen LogP contribution in [0.2, 0.25) is 0 Å². The largest absolute Gasteiger partial charge is 0.361 e. The van der Waals surface area contributed by atoms with E-state index in [-0.39, 0.29) is 5.91 Å². The maximum atomic E-state index is 11.8. The van der Waals surface area contributed by atoms with Crippen molar-refractivity contribution in [1.82, 2.24) is 19.9 Å². The number of H-pyrrole nitrogens is 2. The lowest BCUT2D eigenvalue weighted by Crippen LogP contribution is -2.02. The fourth-order valence-corrected chi connectivity index (χ4v) is 4.73. The minimum absolute atomic E-state index is 0.126. The number of rotatable bonds is 6. The van der Waals surface area contributed by atoms with E-state index in [1.807, 2.05) is 24.4 Å². The smallest absolute Gasteiger partial charge is 0.255 e. The second-order valence-corrected chi connectivity index (χ2v) is 8.90. The summed E-state index contributed by atoms with van der Waals surface area (Å²) in [6.07, 6.45) is 11.1. The summed E-state index contributed by atoms with van der Waals surface area (Å²) in [6.45, 7) is 4.73. The van der Waals surface area contributed by atoms with Gasteiger partial charge in [-0.15, -0.1) is 0 Å². The molecule has 1 aliphatic heterocycles. The number of nitrogens with zero attached hydrogens (tertiary/aromatic N) is 2. The number of thiazole rings is 1. The zero-order valence-corrected chi connectivity index (χ0v) is 19.3. The number of aryl methyl sites for hydroxylation is 1. The van der Waals surface area contributed by atoms with Crippen molar-refractivity contribution in [1.29, 1.82) is 0 Å². The number of carbonyl (C=O) groups excluding carboxylic acids is 1. The molecule has 4 heterocycles. The molecule has 5 aromatic rings. The SMILES string of the molecule is C=C1C(=O)Nc2ccc(-c3cnc(NCCCc4c[nH]c5ccccc45)s3)cc21.c1c[nH]cn1. The van der Waals surface area contributed by atoms with Gasteiger partial charge in [0.05, 0.1) is 11.2 Å². The highest BCUT2D eigenvalue weighted by Crippen LogP contribution is 2.36. The molecule has 8 heteroatoms. The molecule has 6 rings (SSSR count). The van der Waals surface area contributed by atoms with Gasteiger partial charge in [-0.25, -0.2) is 9.97 Å². The predicted molar refractivity (Wildman–Crippen MR) is 139 cm³/mol. The van der Waals surface area contributed by atoms with E-state index in [0.717, 1.165) is 46.2 Å². The van der Waals surface area contributed by atoms with Gasteiger partial charge < -0.3 is 20.6 Å². The Hall–Kier alpha value is -4.17. The molecular weight excluding hydrogens is 444 g/mol. The summed E-state index contributed by atoms with van der Waals surface area (Å²) < 4.78 is 0. The van der Waals surface area contributed by atoms with Crippen molar-refractivity contribution in [2.24, 2.45) is 0 Å². The van der Waals surface area contributed by atoms with E-state index in [1.165, 1.54) is 16.5 Å². The number of fused-ring (bicyclic) bond motifs is 2. The summed E-state index contributed by atoms with van der Waals surface area (Å²) in [6, 6.07) is 14.3. The second-order valence-electron chi connectivity index (χ2n) is 7.87. The topological polar surface area (TPSA) is 98.5 Å². The normalized spacial score (nSPS) is 12.2. The van der Waals surface area contributed by atoms with Crippen molar-refractivity contribution in [3.05, 3.63) is 91.3 Å². The Bertz CT molecular complexity index is 1420.